The topological polar surface area (TPSA) is 133 Å². The van der Waals surface area contributed by atoms with Crippen molar-refractivity contribution in [2.45, 2.75) is 44.4 Å². The molecule has 19 heavy (non-hydrogen) atoms. The van der Waals surface area contributed by atoms with Crippen LogP contribution in [0.4, 0.5) is 4.79 Å². The molecule has 0 radical (unpaired) electrons. The number of rotatable bonds is 4. The number of carbonyl (C=O) groups is 3. The van der Waals surface area contributed by atoms with E-state index in [0.29, 0.717) is 13.0 Å². The number of carboxylic acids is 1. The Kier molecular flexibility index (Phi) is 5.11. The molecule has 3 amide bonds. The second-order valence-corrected chi connectivity index (χ2v) is 4.61. The molecule has 0 aromatic heterocycles. The molecule has 1 rings (SSSR count). The highest BCUT2D eigenvalue weighted by molar-refractivity contribution is 5.88. The smallest absolute Gasteiger partial charge is 0.328 e. The molecule has 0 saturated carbocycles. The standard InChI is InChI=1S/C11H19N3O5/c1-6(15)8(10(17)18)13-11(19)14-5-3-2-4-7(14)9(12)16/h6-8,15H,2-5H2,1H3,(H2,12,16)(H,13,19)(H,17,18). The molecule has 1 fully saturated rings. The number of amides is 3. The molecular formula is C11H19N3O5. The van der Waals surface area contributed by atoms with Crippen molar-refractivity contribution in [3.8, 4) is 0 Å². The molecule has 3 unspecified atom stereocenters. The van der Waals surface area contributed by atoms with Gasteiger partial charge < -0.3 is 26.2 Å². The highest BCUT2D eigenvalue weighted by atomic mass is 16.4. The highest BCUT2D eigenvalue weighted by Crippen LogP contribution is 2.17. The van der Waals surface area contributed by atoms with E-state index in [2.05, 4.69) is 5.32 Å². The number of hydrogen-bond acceptors (Lipinski definition) is 4. The van der Waals surface area contributed by atoms with Gasteiger partial charge in [-0.2, -0.15) is 0 Å². The van der Waals surface area contributed by atoms with Gasteiger partial charge in [0.25, 0.3) is 0 Å². The number of nitrogens with two attached hydrogens (primary N) is 1. The normalized spacial score (nSPS) is 22.4. The average molecular weight is 273 g/mol. The summed E-state index contributed by atoms with van der Waals surface area (Å²) in [4.78, 5) is 35.3. The van der Waals surface area contributed by atoms with Gasteiger partial charge in [0.15, 0.2) is 6.04 Å². The molecule has 1 aliphatic heterocycles. The van der Waals surface area contributed by atoms with E-state index in [0.717, 1.165) is 12.8 Å². The van der Waals surface area contributed by atoms with E-state index in [1.807, 2.05) is 0 Å². The quantitative estimate of drug-likeness (QED) is 0.514. The fourth-order valence-electron chi connectivity index (χ4n) is 2.08. The summed E-state index contributed by atoms with van der Waals surface area (Å²) in [6.45, 7) is 1.60. The van der Waals surface area contributed by atoms with Crippen molar-refractivity contribution in [2.24, 2.45) is 5.73 Å². The fraction of sp³-hybridized carbons (Fsp3) is 0.727. The number of likely N-dealkylation sites (tertiary alicyclic amines) is 1. The zero-order valence-corrected chi connectivity index (χ0v) is 10.7. The van der Waals surface area contributed by atoms with Gasteiger partial charge in [0, 0.05) is 6.54 Å². The van der Waals surface area contributed by atoms with E-state index in [1.165, 1.54) is 11.8 Å². The zero-order valence-electron chi connectivity index (χ0n) is 10.7. The molecule has 1 saturated heterocycles. The van der Waals surface area contributed by atoms with Gasteiger partial charge in [-0.3, -0.25) is 4.79 Å². The number of hydrogen-bond donors (Lipinski definition) is 4. The zero-order chi connectivity index (χ0) is 14.6. The summed E-state index contributed by atoms with van der Waals surface area (Å²) in [5.74, 6) is -1.95. The van der Waals surface area contributed by atoms with Crippen molar-refractivity contribution in [3.63, 3.8) is 0 Å². The third-order valence-corrected chi connectivity index (χ3v) is 3.12. The number of urea groups is 1. The lowest BCUT2D eigenvalue weighted by molar-refractivity contribution is -0.141. The molecule has 5 N–H and O–H groups in total. The van der Waals surface area contributed by atoms with Crippen LogP contribution in [0.25, 0.3) is 0 Å². The lowest BCUT2D eigenvalue weighted by atomic mass is 10.0. The number of nitrogens with one attached hydrogen (secondary N) is 1. The molecule has 0 bridgehead atoms. The minimum atomic E-state index is -1.41. The van der Waals surface area contributed by atoms with Crippen molar-refractivity contribution in [1.29, 1.82) is 0 Å². The van der Waals surface area contributed by atoms with Crippen molar-refractivity contribution in [2.75, 3.05) is 6.54 Å². The summed E-state index contributed by atoms with van der Waals surface area (Å²) >= 11 is 0. The Bertz CT molecular complexity index is 371. The monoisotopic (exact) mass is 273 g/mol. The fourth-order valence-corrected chi connectivity index (χ4v) is 2.08. The highest BCUT2D eigenvalue weighted by Gasteiger charge is 2.33. The van der Waals surface area contributed by atoms with Crippen molar-refractivity contribution in [3.05, 3.63) is 0 Å². The Labute approximate surface area is 110 Å². The number of carbonyl (C=O) groups excluding carboxylic acids is 2. The molecule has 0 aliphatic carbocycles. The van der Waals surface area contributed by atoms with E-state index in [-0.39, 0.29) is 0 Å². The predicted octanol–water partition coefficient (Wildman–Crippen LogP) is -1.13. The number of nitrogens with zero attached hydrogens (tertiary/aromatic N) is 1. The van der Waals surface area contributed by atoms with Crippen LogP contribution in [0.5, 0.6) is 0 Å². The Morgan fingerprint density at radius 2 is 2.00 bits per heavy atom. The third-order valence-electron chi connectivity index (χ3n) is 3.12. The number of primary amides is 1. The van der Waals surface area contributed by atoms with Gasteiger partial charge in [0.2, 0.25) is 5.91 Å². The minimum absolute atomic E-state index is 0.339. The van der Waals surface area contributed by atoms with Crippen LogP contribution in [0, 0.1) is 0 Å². The van der Waals surface area contributed by atoms with E-state index in [4.69, 9.17) is 10.8 Å². The lowest BCUT2D eigenvalue weighted by Gasteiger charge is -2.34. The van der Waals surface area contributed by atoms with Crippen molar-refractivity contribution in [1.82, 2.24) is 10.2 Å². The first kappa shape index (κ1) is 15.2. The molecule has 0 aromatic rings. The summed E-state index contributed by atoms with van der Waals surface area (Å²) in [6, 6.07) is -2.84. The van der Waals surface area contributed by atoms with Crippen LogP contribution >= 0.6 is 0 Å². The molecule has 1 aliphatic rings. The second kappa shape index (κ2) is 6.37. The summed E-state index contributed by atoms with van der Waals surface area (Å²) in [7, 11) is 0. The van der Waals surface area contributed by atoms with E-state index < -0.39 is 36.1 Å². The summed E-state index contributed by atoms with van der Waals surface area (Å²) in [5.41, 5.74) is 5.22. The average Bonchev–Trinajstić information content (AvgIpc) is 2.34. The van der Waals surface area contributed by atoms with E-state index in [9.17, 15) is 19.5 Å². The molecule has 0 aromatic carbocycles. The van der Waals surface area contributed by atoms with Crippen molar-refractivity contribution < 1.29 is 24.6 Å². The minimum Gasteiger partial charge on any atom is -0.480 e. The van der Waals surface area contributed by atoms with Crippen LogP contribution in [0.2, 0.25) is 0 Å². The lowest BCUT2D eigenvalue weighted by Crippen LogP contribution is -2.58. The molecule has 0 spiro atoms. The van der Waals surface area contributed by atoms with Gasteiger partial charge in [-0.1, -0.05) is 0 Å². The van der Waals surface area contributed by atoms with E-state index >= 15 is 0 Å². The third kappa shape index (κ3) is 3.82. The summed E-state index contributed by atoms with van der Waals surface area (Å²) in [6.07, 6.45) is 0.743. The Balaban J connectivity index is 2.74. The van der Waals surface area contributed by atoms with Gasteiger partial charge in [0.1, 0.15) is 6.04 Å². The molecule has 8 nitrogen and oxygen atoms in total. The number of carboxylic acid groups (broad SMARTS) is 1. The van der Waals surface area contributed by atoms with Gasteiger partial charge >= 0.3 is 12.0 Å². The van der Waals surface area contributed by atoms with Crippen LogP contribution in [0.1, 0.15) is 26.2 Å². The Morgan fingerprint density at radius 3 is 2.47 bits per heavy atom. The Morgan fingerprint density at radius 1 is 1.37 bits per heavy atom. The Hall–Kier alpha value is -1.83. The van der Waals surface area contributed by atoms with Crippen LogP contribution in [-0.4, -0.2) is 57.8 Å². The molecular weight excluding hydrogens is 254 g/mol. The van der Waals surface area contributed by atoms with Crippen LogP contribution < -0.4 is 11.1 Å². The summed E-state index contributed by atoms with van der Waals surface area (Å²) in [5, 5.41) is 20.4. The molecule has 3 atom stereocenters. The first-order valence-corrected chi connectivity index (χ1v) is 6.12. The maximum absolute atomic E-state index is 12.0. The maximum atomic E-state index is 12.0. The van der Waals surface area contributed by atoms with Gasteiger partial charge in [-0.05, 0) is 26.2 Å². The number of aliphatic hydroxyl groups excluding tert-OH is 1. The van der Waals surface area contributed by atoms with Crippen LogP contribution in [0.15, 0.2) is 0 Å². The largest absolute Gasteiger partial charge is 0.480 e. The van der Waals surface area contributed by atoms with Gasteiger partial charge in [0.05, 0.1) is 6.10 Å². The SMILES string of the molecule is CC(O)C(NC(=O)N1CCCCC1C(N)=O)C(=O)O. The maximum Gasteiger partial charge on any atom is 0.328 e. The second-order valence-electron chi connectivity index (χ2n) is 4.61. The summed E-state index contributed by atoms with van der Waals surface area (Å²) < 4.78 is 0. The first-order chi connectivity index (χ1) is 8.84. The van der Waals surface area contributed by atoms with Crippen molar-refractivity contribution >= 4 is 17.9 Å². The molecule has 8 heteroatoms. The van der Waals surface area contributed by atoms with Gasteiger partial charge in [-0.25, -0.2) is 9.59 Å². The number of aliphatic carboxylic acids is 1. The molecule has 108 valence electrons. The first-order valence-electron chi connectivity index (χ1n) is 6.12. The predicted molar refractivity (Wildman–Crippen MR) is 65.2 cm³/mol. The number of aliphatic hydroxyl groups is 1. The van der Waals surface area contributed by atoms with Crippen LogP contribution in [-0.2, 0) is 9.59 Å². The van der Waals surface area contributed by atoms with Crippen LogP contribution in [0.3, 0.4) is 0 Å². The van der Waals surface area contributed by atoms with E-state index in [1.54, 1.807) is 0 Å². The molecule has 1 heterocycles. The van der Waals surface area contributed by atoms with Gasteiger partial charge in [-0.15, -0.1) is 0 Å². The number of piperidine rings is 1.